The second kappa shape index (κ2) is 7.94. The Bertz CT molecular complexity index is 569. The van der Waals surface area contributed by atoms with Gasteiger partial charge >= 0.3 is 0 Å². The quantitative estimate of drug-likeness (QED) is 0.769. The third kappa shape index (κ3) is 5.18. The summed E-state index contributed by atoms with van der Waals surface area (Å²) in [6.45, 7) is 1.11. The maximum atomic E-state index is 11.7. The van der Waals surface area contributed by atoms with E-state index in [0.29, 0.717) is 18.7 Å². The molecule has 2 N–H and O–H groups in total. The predicted molar refractivity (Wildman–Crippen MR) is 81.4 cm³/mol. The largest absolute Gasteiger partial charge is 0.508 e. The molecular weight excluding hydrogens is 266 g/mol. The molecule has 0 spiro atoms. The third-order valence-corrected chi connectivity index (χ3v) is 3.00. The summed E-state index contributed by atoms with van der Waals surface area (Å²) in [4.78, 5) is 11.7. The molecule has 1 amide bonds. The Morgan fingerprint density at radius 3 is 2.52 bits per heavy atom. The van der Waals surface area contributed by atoms with Crippen molar-refractivity contribution in [2.24, 2.45) is 0 Å². The molecule has 2 aromatic rings. The molecule has 0 saturated carbocycles. The van der Waals surface area contributed by atoms with Crippen LogP contribution in [0.3, 0.4) is 0 Å². The fourth-order valence-corrected chi connectivity index (χ4v) is 1.90. The first-order chi connectivity index (χ1) is 10.3. The van der Waals surface area contributed by atoms with Crippen molar-refractivity contribution >= 4 is 5.91 Å². The molecule has 110 valence electrons. The van der Waals surface area contributed by atoms with E-state index in [2.05, 4.69) is 5.32 Å². The van der Waals surface area contributed by atoms with E-state index in [-0.39, 0.29) is 18.1 Å². The molecule has 0 atom stereocenters. The lowest BCUT2D eigenvalue weighted by molar-refractivity contribution is -0.120. The maximum Gasteiger partial charge on any atom is 0.224 e. The zero-order valence-corrected chi connectivity index (χ0v) is 11.8. The Kier molecular flexibility index (Phi) is 5.64. The molecule has 0 fully saturated rings. The van der Waals surface area contributed by atoms with Gasteiger partial charge in [0.2, 0.25) is 5.91 Å². The van der Waals surface area contributed by atoms with E-state index in [1.165, 1.54) is 0 Å². The van der Waals surface area contributed by atoms with Gasteiger partial charge in [-0.1, -0.05) is 36.4 Å². The Balaban J connectivity index is 1.63. The number of rotatable bonds is 7. The number of carbonyl (C=O) groups is 1. The number of amides is 1. The van der Waals surface area contributed by atoms with Crippen molar-refractivity contribution in [1.29, 1.82) is 0 Å². The Morgan fingerprint density at radius 2 is 1.76 bits per heavy atom. The van der Waals surface area contributed by atoms with Crippen LogP contribution in [0.4, 0.5) is 0 Å². The number of phenolic OH excluding ortho intramolecular Hbond substituents is 1. The number of para-hydroxylation sites is 2. The van der Waals surface area contributed by atoms with Gasteiger partial charge in [0.15, 0.2) is 0 Å². The van der Waals surface area contributed by atoms with Crippen LogP contribution < -0.4 is 10.1 Å². The van der Waals surface area contributed by atoms with E-state index in [1.54, 1.807) is 24.3 Å². The molecule has 2 rings (SSSR count). The molecule has 0 aliphatic carbocycles. The highest BCUT2D eigenvalue weighted by atomic mass is 16.5. The van der Waals surface area contributed by atoms with Crippen LogP contribution in [0.5, 0.6) is 11.5 Å². The number of hydrogen-bond donors (Lipinski definition) is 2. The molecular formula is C17H19NO3. The molecule has 0 aliphatic heterocycles. The fraction of sp³-hybridized carbons (Fsp3) is 0.235. The van der Waals surface area contributed by atoms with Crippen LogP contribution in [-0.2, 0) is 11.2 Å². The predicted octanol–water partition coefficient (Wildman–Crippen LogP) is 2.52. The number of aromatic hydroxyl groups is 1. The van der Waals surface area contributed by atoms with Gasteiger partial charge in [0.1, 0.15) is 11.5 Å². The van der Waals surface area contributed by atoms with Crippen LogP contribution in [0.25, 0.3) is 0 Å². The first-order valence-electron chi connectivity index (χ1n) is 6.97. The van der Waals surface area contributed by atoms with Gasteiger partial charge in [0.25, 0.3) is 0 Å². The lowest BCUT2D eigenvalue weighted by Crippen LogP contribution is -2.27. The van der Waals surface area contributed by atoms with Gasteiger partial charge in [-0.25, -0.2) is 0 Å². The van der Waals surface area contributed by atoms with Gasteiger partial charge < -0.3 is 15.2 Å². The zero-order valence-electron chi connectivity index (χ0n) is 11.8. The molecule has 0 aromatic heterocycles. The smallest absolute Gasteiger partial charge is 0.224 e. The average Bonchev–Trinajstić information content (AvgIpc) is 2.50. The zero-order chi connectivity index (χ0) is 14.9. The van der Waals surface area contributed by atoms with Crippen LogP contribution >= 0.6 is 0 Å². The highest BCUT2D eigenvalue weighted by Gasteiger charge is 2.06. The van der Waals surface area contributed by atoms with Crippen molar-refractivity contribution in [3.05, 3.63) is 60.2 Å². The number of phenols is 1. The van der Waals surface area contributed by atoms with Gasteiger partial charge in [-0.15, -0.1) is 0 Å². The van der Waals surface area contributed by atoms with Crippen molar-refractivity contribution in [2.45, 2.75) is 12.8 Å². The van der Waals surface area contributed by atoms with Crippen molar-refractivity contribution in [1.82, 2.24) is 5.32 Å². The molecule has 0 aliphatic rings. The SMILES string of the molecule is O=C(Cc1ccccc1O)NCCCOc1ccccc1. The first kappa shape index (κ1) is 14.9. The minimum atomic E-state index is -0.101. The molecule has 0 saturated heterocycles. The number of ether oxygens (including phenoxy) is 1. The summed E-state index contributed by atoms with van der Waals surface area (Å²) in [6.07, 6.45) is 0.924. The summed E-state index contributed by atoms with van der Waals surface area (Å²) in [5, 5.41) is 12.4. The van der Waals surface area contributed by atoms with E-state index >= 15 is 0 Å². The minimum absolute atomic E-state index is 0.101. The van der Waals surface area contributed by atoms with Crippen LogP contribution in [0.15, 0.2) is 54.6 Å². The molecule has 2 aromatic carbocycles. The van der Waals surface area contributed by atoms with Gasteiger partial charge in [0.05, 0.1) is 13.0 Å². The highest BCUT2D eigenvalue weighted by Crippen LogP contribution is 2.15. The molecule has 0 heterocycles. The normalized spacial score (nSPS) is 10.1. The first-order valence-corrected chi connectivity index (χ1v) is 6.97. The third-order valence-electron chi connectivity index (χ3n) is 3.00. The van der Waals surface area contributed by atoms with E-state index in [1.807, 2.05) is 30.3 Å². The summed E-state index contributed by atoms with van der Waals surface area (Å²) in [6, 6.07) is 16.4. The summed E-state index contributed by atoms with van der Waals surface area (Å²) in [5.41, 5.74) is 0.635. The topological polar surface area (TPSA) is 58.6 Å². The highest BCUT2D eigenvalue weighted by molar-refractivity contribution is 5.79. The number of carbonyl (C=O) groups excluding carboxylic acids is 1. The van der Waals surface area contributed by atoms with Crippen molar-refractivity contribution in [2.75, 3.05) is 13.2 Å². The fourth-order valence-electron chi connectivity index (χ4n) is 1.90. The second-order valence-electron chi connectivity index (χ2n) is 4.67. The maximum absolute atomic E-state index is 11.7. The van der Waals surface area contributed by atoms with Crippen LogP contribution in [0.1, 0.15) is 12.0 Å². The summed E-state index contributed by atoms with van der Waals surface area (Å²) < 4.78 is 5.53. The van der Waals surface area contributed by atoms with Gasteiger partial charge in [-0.2, -0.15) is 0 Å². The van der Waals surface area contributed by atoms with E-state index in [0.717, 1.165) is 12.2 Å². The lowest BCUT2D eigenvalue weighted by atomic mass is 10.1. The van der Waals surface area contributed by atoms with Crippen LogP contribution in [0, 0.1) is 0 Å². The van der Waals surface area contributed by atoms with Crippen LogP contribution in [-0.4, -0.2) is 24.2 Å². The minimum Gasteiger partial charge on any atom is -0.508 e. The van der Waals surface area contributed by atoms with E-state index < -0.39 is 0 Å². The Labute approximate surface area is 124 Å². The summed E-state index contributed by atoms with van der Waals surface area (Å²) >= 11 is 0. The molecule has 21 heavy (non-hydrogen) atoms. The number of nitrogens with one attached hydrogen (secondary N) is 1. The monoisotopic (exact) mass is 285 g/mol. The van der Waals surface area contributed by atoms with Crippen molar-refractivity contribution in [3.63, 3.8) is 0 Å². The van der Waals surface area contributed by atoms with Gasteiger partial charge in [-0.3, -0.25) is 4.79 Å². The molecule has 0 unspecified atom stereocenters. The van der Waals surface area contributed by atoms with E-state index in [4.69, 9.17) is 4.74 Å². The van der Waals surface area contributed by atoms with Crippen molar-refractivity contribution in [3.8, 4) is 11.5 Å². The summed E-state index contributed by atoms with van der Waals surface area (Å²) in [5.74, 6) is 0.884. The Morgan fingerprint density at radius 1 is 1.05 bits per heavy atom. The molecule has 4 nitrogen and oxygen atoms in total. The van der Waals surface area contributed by atoms with E-state index in [9.17, 15) is 9.90 Å². The molecule has 4 heteroatoms. The average molecular weight is 285 g/mol. The molecule has 0 radical (unpaired) electrons. The number of benzene rings is 2. The van der Waals surface area contributed by atoms with Gasteiger partial charge in [-0.05, 0) is 24.6 Å². The Hall–Kier alpha value is -2.49. The molecule has 0 bridgehead atoms. The standard InChI is InChI=1S/C17H19NO3/c19-16-10-5-4-7-14(16)13-17(20)18-11-6-12-21-15-8-2-1-3-9-15/h1-5,7-10,19H,6,11-13H2,(H,18,20). The number of hydrogen-bond acceptors (Lipinski definition) is 3. The van der Waals surface area contributed by atoms with Crippen molar-refractivity contribution < 1.29 is 14.6 Å². The summed E-state index contributed by atoms with van der Waals surface area (Å²) in [7, 11) is 0. The van der Waals surface area contributed by atoms with Crippen LogP contribution in [0.2, 0.25) is 0 Å². The lowest BCUT2D eigenvalue weighted by Gasteiger charge is -2.08. The second-order valence-corrected chi connectivity index (χ2v) is 4.67. The van der Waals surface area contributed by atoms with Gasteiger partial charge in [0, 0.05) is 12.1 Å².